The van der Waals surface area contributed by atoms with E-state index in [2.05, 4.69) is 130 Å². The van der Waals surface area contributed by atoms with E-state index in [-0.39, 0.29) is 16.9 Å². The Morgan fingerprint density at radius 2 is 1.67 bits per heavy atom. The van der Waals surface area contributed by atoms with Crippen molar-refractivity contribution < 1.29 is 19.0 Å². The van der Waals surface area contributed by atoms with Gasteiger partial charge >= 0.3 is 0 Å². The number of halogens is 1. The first-order valence-electron chi connectivity index (χ1n) is 15.1. The van der Waals surface area contributed by atoms with Gasteiger partial charge in [0.25, 0.3) is 8.32 Å². The number of allylic oxidation sites excluding steroid dienone is 1. The van der Waals surface area contributed by atoms with Gasteiger partial charge in [-0.05, 0) is 86.1 Å². The number of hydrogen-bond donors (Lipinski definition) is 1. The van der Waals surface area contributed by atoms with Gasteiger partial charge in [0.05, 0.1) is 30.0 Å². The van der Waals surface area contributed by atoms with Crippen LogP contribution in [0.2, 0.25) is 5.04 Å². The molecular weight excluding hydrogens is 663 g/mol. The van der Waals surface area contributed by atoms with Gasteiger partial charge in [-0.25, -0.2) is 0 Å². The van der Waals surface area contributed by atoms with Gasteiger partial charge in [0.1, 0.15) is 0 Å². The summed E-state index contributed by atoms with van der Waals surface area (Å²) in [7, 11) is -1.07. The van der Waals surface area contributed by atoms with Gasteiger partial charge < -0.3 is 19.0 Å². The largest absolute Gasteiger partial charge is 0.504 e. The van der Waals surface area contributed by atoms with Crippen LogP contribution in [0.15, 0.2) is 102 Å². The van der Waals surface area contributed by atoms with E-state index >= 15 is 0 Å². The van der Waals surface area contributed by atoms with Crippen molar-refractivity contribution in [3.8, 4) is 11.5 Å². The Hall–Kier alpha value is -2.65. The van der Waals surface area contributed by atoms with Gasteiger partial charge in [0.15, 0.2) is 11.5 Å². The number of phenolic OH excluding ortho intramolecular Hbond substituents is 1. The minimum atomic E-state index is -2.66. The number of phenols is 1. The minimum absolute atomic E-state index is 0.00926. The number of aromatic hydroxyl groups is 1. The maximum atomic E-state index is 10.3. The molecule has 0 saturated carbocycles. The average molecular weight is 709 g/mol. The lowest BCUT2D eigenvalue weighted by Crippen LogP contribution is -2.66. The van der Waals surface area contributed by atoms with Crippen LogP contribution in [0.4, 0.5) is 0 Å². The highest BCUT2D eigenvalue weighted by Crippen LogP contribution is 2.38. The molecule has 4 nitrogen and oxygen atoms in total. The Labute approximate surface area is 272 Å². The first kappa shape index (κ1) is 33.2. The second-order valence-corrected chi connectivity index (χ2v) is 17.6. The number of benzene rings is 3. The fraction of sp³-hybridized carbons (Fsp3) is 0.351. The van der Waals surface area contributed by atoms with Crippen LogP contribution in [0.1, 0.15) is 58.9 Å². The maximum absolute atomic E-state index is 10.3. The molecule has 0 radical (unpaired) electrons. The lowest BCUT2D eigenvalue weighted by molar-refractivity contribution is 0.115. The molecule has 1 heterocycles. The predicted octanol–water partition coefficient (Wildman–Crippen LogP) is 8.43. The monoisotopic (exact) mass is 708 g/mol. The molecule has 1 aliphatic rings. The van der Waals surface area contributed by atoms with E-state index in [1.165, 1.54) is 15.9 Å². The van der Waals surface area contributed by atoms with E-state index in [1.54, 1.807) is 7.11 Å². The maximum Gasteiger partial charge on any atom is 0.261 e. The Balaban J connectivity index is 1.52. The zero-order chi connectivity index (χ0) is 31.0. The first-order chi connectivity index (χ1) is 20.6. The molecule has 1 aliphatic heterocycles. The van der Waals surface area contributed by atoms with Crippen molar-refractivity contribution in [1.82, 2.24) is 0 Å². The normalized spacial score (nSPS) is 15.8. The second kappa shape index (κ2) is 14.9. The summed E-state index contributed by atoms with van der Waals surface area (Å²) in [5, 5.41) is 12.7. The van der Waals surface area contributed by atoms with Crippen molar-refractivity contribution >= 4 is 47.4 Å². The molecule has 0 amide bonds. The summed E-state index contributed by atoms with van der Waals surface area (Å²) in [6.07, 6.45) is 8.26. The summed E-state index contributed by atoms with van der Waals surface area (Å²) in [5.41, 5.74) is 4.55. The van der Waals surface area contributed by atoms with Crippen molar-refractivity contribution in [2.24, 2.45) is 0 Å². The van der Waals surface area contributed by atoms with Crippen LogP contribution < -0.4 is 15.1 Å². The smallest absolute Gasteiger partial charge is 0.261 e. The summed E-state index contributed by atoms with van der Waals surface area (Å²) in [5.74, 6) is 0.681. The van der Waals surface area contributed by atoms with Crippen LogP contribution in [0.5, 0.6) is 11.5 Å². The van der Waals surface area contributed by atoms with Crippen molar-refractivity contribution in [2.45, 2.75) is 64.5 Å². The Morgan fingerprint density at radius 1 is 1.05 bits per heavy atom. The molecule has 228 valence electrons. The van der Waals surface area contributed by atoms with E-state index in [1.807, 2.05) is 12.1 Å². The van der Waals surface area contributed by atoms with Gasteiger partial charge in [-0.2, -0.15) is 0 Å². The number of hydrogen-bond acceptors (Lipinski definition) is 4. The number of rotatable bonds is 13. The molecular formula is C37H45IO4Si. The van der Waals surface area contributed by atoms with E-state index in [0.29, 0.717) is 19.0 Å². The lowest BCUT2D eigenvalue weighted by Gasteiger charge is -2.43. The van der Waals surface area contributed by atoms with E-state index < -0.39 is 8.32 Å². The molecule has 1 N–H and O–H groups in total. The van der Waals surface area contributed by atoms with Crippen LogP contribution in [0.25, 0.3) is 6.08 Å². The van der Waals surface area contributed by atoms with Gasteiger partial charge in [-0.3, -0.25) is 0 Å². The van der Waals surface area contributed by atoms with Gasteiger partial charge in [-0.15, -0.1) is 0 Å². The molecule has 0 aromatic heterocycles. The molecule has 4 rings (SSSR count). The third-order valence-electron chi connectivity index (χ3n) is 8.18. The summed E-state index contributed by atoms with van der Waals surface area (Å²) in [6.45, 7) is 14.7. The van der Waals surface area contributed by atoms with E-state index in [0.717, 1.165) is 46.0 Å². The van der Waals surface area contributed by atoms with Crippen molar-refractivity contribution in [3.63, 3.8) is 0 Å². The van der Waals surface area contributed by atoms with Crippen molar-refractivity contribution in [1.29, 1.82) is 0 Å². The van der Waals surface area contributed by atoms with Gasteiger partial charge in [0, 0.05) is 0 Å². The standard InChI is InChI=1S/C37H45IO4Si/c1-7-14-28(23-29-24-33(38)36(39)35(25-29)40-6)19-20-34-32(21-22-41-34)27(2)26-42-43(37(3,4)5,30-15-10-8-11-16-30)31-17-12-9-13-18-31/h8-13,15-18,21,23-25,34,39H,2,7,14,19-20,22,26H2,1,3-6H3/b28-23+. The fourth-order valence-electron chi connectivity index (χ4n) is 6.10. The summed E-state index contributed by atoms with van der Waals surface area (Å²) in [4.78, 5) is 0. The average Bonchev–Trinajstić information content (AvgIpc) is 3.47. The second-order valence-electron chi connectivity index (χ2n) is 12.2. The van der Waals surface area contributed by atoms with Crippen LogP contribution in [0.3, 0.4) is 0 Å². The van der Waals surface area contributed by atoms with Crippen LogP contribution >= 0.6 is 22.6 Å². The molecule has 0 saturated heterocycles. The minimum Gasteiger partial charge on any atom is -0.504 e. The molecule has 0 spiro atoms. The topological polar surface area (TPSA) is 47.9 Å². The molecule has 3 aromatic rings. The molecule has 3 aromatic carbocycles. The van der Waals surface area contributed by atoms with Crippen LogP contribution in [-0.2, 0) is 9.16 Å². The molecule has 0 bridgehead atoms. The Morgan fingerprint density at radius 3 is 2.23 bits per heavy atom. The third-order valence-corrected chi connectivity index (χ3v) is 14.0. The highest BCUT2D eigenvalue weighted by Gasteiger charge is 2.50. The first-order valence-corrected chi connectivity index (χ1v) is 18.1. The highest BCUT2D eigenvalue weighted by molar-refractivity contribution is 14.1. The summed E-state index contributed by atoms with van der Waals surface area (Å²) >= 11 is 2.15. The number of ether oxygens (including phenoxy) is 2. The van der Waals surface area contributed by atoms with E-state index in [4.69, 9.17) is 13.9 Å². The van der Waals surface area contributed by atoms with Crippen molar-refractivity contribution in [3.05, 3.63) is 111 Å². The molecule has 43 heavy (non-hydrogen) atoms. The van der Waals surface area contributed by atoms with Crippen LogP contribution in [-0.4, -0.2) is 39.9 Å². The summed E-state index contributed by atoms with van der Waals surface area (Å²) < 4.78 is 19.6. The Bertz CT molecular complexity index is 1400. The predicted molar refractivity (Wildman–Crippen MR) is 190 cm³/mol. The zero-order valence-electron chi connectivity index (χ0n) is 26.2. The molecule has 1 atom stereocenters. The number of methoxy groups -OCH3 is 1. The molecule has 0 fully saturated rings. The van der Waals surface area contributed by atoms with Gasteiger partial charge in [-0.1, -0.05) is 119 Å². The zero-order valence-corrected chi connectivity index (χ0v) is 29.3. The van der Waals surface area contributed by atoms with Gasteiger partial charge in [0.2, 0.25) is 0 Å². The molecule has 0 aliphatic carbocycles. The quantitative estimate of drug-likeness (QED) is 0.143. The third kappa shape index (κ3) is 7.71. The molecule has 6 heteroatoms. The van der Waals surface area contributed by atoms with Crippen LogP contribution in [0, 0.1) is 3.57 Å². The SMILES string of the molecule is C=C(CO[Si](c1ccccc1)(c1ccccc1)C(C)(C)C)C1=CCOC1CC/C(=C/c1cc(I)c(O)c(OC)c1)CCC. The fourth-order valence-corrected chi connectivity index (χ4v) is 11.3. The summed E-state index contributed by atoms with van der Waals surface area (Å²) in [6, 6.07) is 25.4. The molecule has 1 unspecified atom stereocenters. The van der Waals surface area contributed by atoms with Crippen molar-refractivity contribution in [2.75, 3.05) is 20.3 Å². The Kier molecular flexibility index (Phi) is 11.5. The van der Waals surface area contributed by atoms with E-state index in [9.17, 15) is 5.11 Å². The lowest BCUT2D eigenvalue weighted by atomic mass is 9.95. The highest BCUT2D eigenvalue weighted by atomic mass is 127.